The molecule has 3 N–H and O–H groups in total. The first kappa shape index (κ1) is 16.3. The summed E-state index contributed by atoms with van der Waals surface area (Å²) >= 11 is 0. The van der Waals surface area contributed by atoms with E-state index in [1.165, 1.54) is 0 Å². The van der Waals surface area contributed by atoms with Crippen LogP contribution in [0.1, 0.15) is 33.6 Å². The Morgan fingerprint density at radius 2 is 2.15 bits per heavy atom. The number of ether oxygens (including phenoxy) is 1. The van der Waals surface area contributed by atoms with E-state index in [1.807, 2.05) is 26.0 Å². The molecule has 1 atom stereocenters. The zero-order chi connectivity index (χ0) is 15.0. The van der Waals surface area contributed by atoms with Gasteiger partial charge in [-0.15, -0.1) is 0 Å². The number of nitrogens with one attached hydrogen (secondary N) is 2. The van der Waals surface area contributed by atoms with E-state index in [4.69, 9.17) is 4.74 Å². The molecule has 0 spiro atoms. The molecule has 0 aliphatic heterocycles. The summed E-state index contributed by atoms with van der Waals surface area (Å²) in [6, 6.07) is 6.89. The van der Waals surface area contributed by atoms with Gasteiger partial charge in [0.15, 0.2) is 0 Å². The second-order valence-electron chi connectivity index (χ2n) is 5.03. The topological polar surface area (TPSA) is 70.6 Å². The van der Waals surface area contributed by atoms with Gasteiger partial charge in [-0.05, 0) is 31.9 Å². The Morgan fingerprint density at radius 1 is 1.40 bits per heavy atom. The van der Waals surface area contributed by atoms with Crippen LogP contribution in [0.25, 0.3) is 0 Å². The molecule has 5 nitrogen and oxygen atoms in total. The van der Waals surface area contributed by atoms with Crippen LogP contribution in [-0.4, -0.2) is 29.9 Å². The van der Waals surface area contributed by atoms with E-state index in [2.05, 4.69) is 10.6 Å². The van der Waals surface area contributed by atoms with Crippen molar-refractivity contribution in [3.05, 3.63) is 24.3 Å². The van der Waals surface area contributed by atoms with E-state index in [9.17, 15) is 9.90 Å². The molecule has 1 rings (SSSR count). The Morgan fingerprint density at radius 3 is 2.80 bits per heavy atom. The molecule has 0 aliphatic carbocycles. The minimum Gasteiger partial charge on any atom is -0.494 e. The van der Waals surface area contributed by atoms with Gasteiger partial charge >= 0.3 is 6.03 Å². The van der Waals surface area contributed by atoms with Crippen molar-refractivity contribution in [2.24, 2.45) is 0 Å². The summed E-state index contributed by atoms with van der Waals surface area (Å²) in [5, 5.41) is 15.2. The van der Waals surface area contributed by atoms with Gasteiger partial charge in [0.2, 0.25) is 0 Å². The quantitative estimate of drug-likeness (QED) is 0.719. The highest BCUT2D eigenvalue weighted by molar-refractivity contribution is 5.89. The molecular weight excluding hydrogens is 256 g/mol. The molecule has 1 aromatic rings. The molecule has 5 heteroatoms. The van der Waals surface area contributed by atoms with Crippen LogP contribution in [0, 0.1) is 0 Å². The maximum Gasteiger partial charge on any atom is 0.319 e. The van der Waals surface area contributed by atoms with Crippen LogP contribution in [0.5, 0.6) is 5.75 Å². The van der Waals surface area contributed by atoms with Crippen LogP contribution < -0.4 is 15.4 Å². The van der Waals surface area contributed by atoms with Crippen molar-refractivity contribution >= 4 is 11.7 Å². The van der Waals surface area contributed by atoms with Crippen molar-refractivity contribution in [3.63, 3.8) is 0 Å². The lowest BCUT2D eigenvalue weighted by Gasteiger charge is -2.21. The number of amides is 2. The molecular formula is C15H24N2O3. The Hall–Kier alpha value is -1.75. The molecule has 0 saturated carbocycles. The lowest BCUT2D eigenvalue weighted by atomic mass is 10.0. The summed E-state index contributed by atoms with van der Waals surface area (Å²) in [6.07, 6.45) is 1.51. The first-order valence-corrected chi connectivity index (χ1v) is 6.97. The zero-order valence-electron chi connectivity index (χ0n) is 12.4. The maximum atomic E-state index is 11.7. The van der Waals surface area contributed by atoms with Crippen molar-refractivity contribution in [1.82, 2.24) is 5.32 Å². The number of urea groups is 1. The van der Waals surface area contributed by atoms with Gasteiger partial charge in [0.25, 0.3) is 0 Å². The molecule has 0 heterocycles. The molecule has 1 aromatic carbocycles. The minimum absolute atomic E-state index is 0.210. The molecule has 0 bridgehead atoms. The van der Waals surface area contributed by atoms with Crippen LogP contribution in [0.15, 0.2) is 24.3 Å². The molecule has 20 heavy (non-hydrogen) atoms. The van der Waals surface area contributed by atoms with Gasteiger partial charge in [0, 0.05) is 18.3 Å². The molecule has 0 aliphatic rings. The number of hydrogen-bond acceptors (Lipinski definition) is 3. The highest BCUT2D eigenvalue weighted by atomic mass is 16.5. The van der Waals surface area contributed by atoms with Crippen molar-refractivity contribution in [2.75, 3.05) is 18.5 Å². The number of aliphatic hydroxyl groups is 1. The van der Waals surface area contributed by atoms with E-state index in [-0.39, 0.29) is 12.6 Å². The summed E-state index contributed by atoms with van der Waals surface area (Å²) in [5.74, 6) is 0.727. The number of benzene rings is 1. The minimum atomic E-state index is -0.885. The monoisotopic (exact) mass is 280 g/mol. The number of anilines is 1. The molecule has 2 amide bonds. The van der Waals surface area contributed by atoms with Crippen LogP contribution in [0.2, 0.25) is 0 Å². The third kappa shape index (κ3) is 5.93. The Balaban J connectivity index is 2.49. The third-order valence-electron chi connectivity index (χ3n) is 2.96. The first-order chi connectivity index (χ1) is 9.46. The predicted molar refractivity (Wildman–Crippen MR) is 80.2 cm³/mol. The summed E-state index contributed by atoms with van der Waals surface area (Å²) in [4.78, 5) is 11.7. The molecule has 112 valence electrons. The zero-order valence-corrected chi connectivity index (χ0v) is 12.4. The van der Waals surface area contributed by atoms with E-state index in [1.54, 1.807) is 19.1 Å². The van der Waals surface area contributed by atoms with Gasteiger partial charge in [0.05, 0.1) is 12.2 Å². The van der Waals surface area contributed by atoms with Gasteiger partial charge in [-0.2, -0.15) is 0 Å². The standard InChI is InChI=1S/C15H24N2O3/c1-4-9-20-13-8-6-7-12(10-13)17-14(18)16-11-15(3,19)5-2/h6-8,10,19H,4-5,9,11H2,1-3H3,(H2,16,17,18). The average molecular weight is 280 g/mol. The summed E-state index contributed by atoms with van der Waals surface area (Å²) in [6.45, 7) is 6.45. The van der Waals surface area contributed by atoms with E-state index in [0.29, 0.717) is 18.7 Å². The van der Waals surface area contributed by atoms with E-state index < -0.39 is 5.60 Å². The Labute approximate surface area is 120 Å². The average Bonchev–Trinajstić information content (AvgIpc) is 2.43. The fourth-order valence-corrected chi connectivity index (χ4v) is 1.45. The molecule has 0 radical (unpaired) electrons. The highest BCUT2D eigenvalue weighted by Gasteiger charge is 2.18. The van der Waals surface area contributed by atoms with Gasteiger partial charge in [-0.25, -0.2) is 4.79 Å². The van der Waals surface area contributed by atoms with Crippen LogP contribution in [0.4, 0.5) is 10.5 Å². The molecule has 0 saturated heterocycles. The number of rotatable bonds is 7. The highest BCUT2D eigenvalue weighted by Crippen LogP contribution is 2.17. The van der Waals surface area contributed by atoms with E-state index in [0.717, 1.165) is 12.2 Å². The van der Waals surface area contributed by atoms with Crippen molar-refractivity contribution in [1.29, 1.82) is 0 Å². The molecule has 0 fully saturated rings. The molecule has 1 unspecified atom stereocenters. The molecule has 0 aromatic heterocycles. The Kier molecular flexibility index (Phi) is 6.31. The largest absolute Gasteiger partial charge is 0.494 e. The fourth-order valence-electron chi connectivity index (χ4n) is 1.45. The van der Waals surface area contributed by atoms with Crippen molar-refractivity contribution < 1.29 is 14.6 Å². The van der Waals surface area contributed by atoms with Crippen molar-refractivity contribution in [2.45, 2.75) is 39.2 Å². The van der Waals surface area contributed by atoms with Crippen LogP contribution in [0.3, 0.4) is 0 Å². The fraction of sp³-hybridized carbons (Fsp3) is 0.533. The maximum absolute atomic E-state index is 11.7. The first-order valence-electron chi connectivity index (χ1n) is 6.97. The predicted octanol–water partition coefficient (Wildman–Crippen LogP) is 2.76. The summed E-state index contributed by atoms with van der Waals surface area (Å²) in [7, 11) is 0. The number of carbonyl (C=O) groups is 1. The van der Waals surface area contributed by atoms with Gasteiger partial charge < -0.3 is 20.5 Å². The van der Waals surface area contributed by atoms with Crippen LogP contribution in [-0.2, 0) is 0 Å². The Bertz CT molecular complexity index is 433. The van der Waals surface area contributed by atoms with Gasteiger partial charge in [0.1, 0.15) is 5.75 Å². The number of hydrogen-bond donors (Lipinski definition) is 3. The summed E-state index contributed by atoms with van der Waals surface area (Å²) in [5.41, 5.74) is -0.226. The van der Waals surface area contributed by atoms with Gasteiger partial charge in [-0.1, -0.05) is 19.9 Å². The SMILES string of the molecule is CCCOc1cccc(NC(=O)NCC(C)(O)CC)c1. The van der Waals surface area contributed by atoms with E-state index >= 15 is 0 Å². The second-order valence-corrected chi connectivity index (χ2v) is 5.03. The number of carbonyl (C=O) groups excluding carboxylic acids is 1. The van der Waals surface area contributed by atoms with Crippen molar-refractivity contribution in [3.8, 4) is 5.75 Å². The third-order valence-corrected chi connectivity index (χ3v) is 2.96. The smallest absolute Gasteiger partial charge is 0.319 e. The second kappa shape index (κ2) is 7.75. The van der Waals surface area contributed by atoms with Gasteiger partial charge in [-0.3, -0.25) is 0 Å². The summed E-state index contributed by atoms with van der Waals surface area (Å²) < 4.78 is 5.50. The lowest BCUT2D eigenvalue weighted by Crippen LogP contribution is -2.41. The normalized spacial score (nSPS) is 13.4. The van der Waals surface area contributed by atoms with Crippen LogP contribution >= 0.6 is 0 Å². The lowest BCUT2D eigenvalue weighted by molar-refractivity contribution is 0.0587.